The molecule has 5 nitrogen and oxygen atoms in total. The Bertz CT molecular complexity index is 564. The minimum atomic E-state index is -3.73. The Labute approximate surface area is 119 Å². The second-order valence-electron chi connectivity index (χ2n) is 5.14. The summed E-state index contributed by atoms with van der Waals surface area (Å²) in [7, 11) is -3.73. The van der Waals surface area contributed by atoms with Gasteiger partial charge in [0.25, 0.3) is 0 Å². The zero-order chi connectivity index (χ0) is 14.8. The third-order valence-corrected chi connectivity index (χ3v) is 5.82. The lowest BCUT2D eigenvalue weighted by atomic mass is 9.90. The van der Waals surface area contributed by atoms with Crippen LogP contribution in [0.4, 0.5) is 4.39 Å². The number of pyridine rings is 1. The van der Waals surface area contributed by atoms with Gasteiger partial charge in [-0.3, -0.25) is 4.98 Å². The van der Waals surface area contributed by atoms with Gasteiger partial charge in [0.05, 0.1) is 6.20 Å². The third-order valence-electron chi connectivity index (χ3n) is 3.91. The molecule has 0 radical (unpaired) electrons. The highest BCUT2D eigenvalue weighted by Gasteiger charge is 2.35. The van der Waals surface area contributed by atoms with Gasteiger partial charge in [-0.25, -0.2) is 12.8 Å². The molecule has 1 aromatic rings. The summed E-state index contributed by atoms with van der Waals surface area (Å²) in [6.45, 7) is 2.80. The van der Waals surface area contributed by atoms with E-state index >= 15 is 0 Å². The maximum absolute atomic E-state index is 13.2. The van der Waals surface area contributed by atoms with Crippen LogP contribution in [-0.4, -0.2) is 36.8 Å². The summed E-state index contributed by atoms with van der Waals surface area (Å²) in [5.41, 5.74) is 5.72. The van der Waals surface area contributed by atoms with E-state index in [0.29, 0.717) is 12.5 Å². The van der Waals surface area contributed by atoms with Crippen LogP contribution in [0.25, 0.3) is 0 Å². The molecule has 2 heterocycles. The van der Waals surface area contributed by atoms with E-state index < -0.39 is 15.8 Å². The van der Waals surface area contributed by atoms with E-state index in [1.807, 2.05) is 0 Å². The molecule has 0 saturated carbocycles. The summed E-state index contributed by atoms with van der Waals surface area (Å²) in [5, 5.41) is 0. The van der Waals surface area contributed by atoms with Crippen LogP contribution < -0.4 is 5.73 Å². The van der Waals surface area contributed by atoms with Crippen LogP contribution in [0.1, 0.15) is 26.2 Å². The van der Waals surface area contributed by atoms with Gasteiger partial charge in [-0.2, -0.15) is 4.31 Å². The van der Waals surface area contributed by atoms with E-state index in [2.05, 4.69) is 11.9 Å². The van der Waals surface area contributed by atoms with E-state index in [1.165, 1.54) is 10.5 Å². The van der Waals surface area contributed by atoms with Crippen LogP contribution in [0.3, 0.4) is 0 Å². The summed E-state index contributed by atoms with van der Waals surface area (Å²) >= 11 is 0. The minimum Gasteiger partial charge on any atom is -0.329 e. The van der Waals surface area contributed by atoms with E-state index in [-0.39, 0.29) is 17.5 Å². The molecule has 1 aliphatic rings. The van der Waals surface area contributed by atoms with Crippen LogP contribution >= 0.6 is 0 Å². The van der Waals surface area contributed by atoms with Gasteiger partial charge in [0.1, 0.15) is 10.7 Å². The average molecular weight is 301 g/mol. The lowest BCUT2D eigenvalue weighted by Crippen LogP contribution is -2.49. The predicted molar refractivity (Wildman–Crippen MR) is 73.9 cm³/mol. The number of nitrogens with zero attached hydrogens (tertiary/aromatic N) is 2. The Kier molecular flexibility index (Phi) is 4.72. The van der Waals surface area contributed by atoms with Gasteiger partial charge >= 0.3 is 0 Å². The first-order chi connectivity index (χ1) is 9.48. The Balaban J connectivity index is 2.29. The summed E-state index contributed by atoms with van der Waals surface area (Å²) < 4.78 is 39.7. The average Bonchev–Trinajstić information content (AvgIpc) is 2.46. The molecule has 2 atom stereocenters. The highest BCUT2D eigenvalue weighted by molar-refractivity contribution is 7.89. The van der Waals surface area contributed by atoms with Crippen molar-refractivity contribution in [3.8, 4) is 0 Å². The normalized spacial score (nSPS) is 24.8. The Hall–Kier alpha value is -1.05. The van der Waals surface area contributed by atoms with Crippen molar-refractivity contribution in [2.24, 2.45) is 11.7 Å². The van der Waals surface area contributed by atoms with Gasteiger partial charge in [0.15, 0.2) is 0 Å². The first-order valence-corrected chi connectivity index (χ1v) is 8.25. The third kappa shape index (κ3) is 2.99. The molecule has 20 heavy (non-hydrogen) atoms. The molecule has 0 aliphatic carbocycles. The Morgan fingerprint density at radius 1 is 1.50 bits per heavy atom. The first kappa shape index (κ1) is 15.3. The zero-order valence-corrected chi connectivity index (χ0v) is 12.3. The molecule has 1 aliphatic heterocycles. The van der Waals surface area contributed by atoms with E-state index in [0.717, 1.165) is 31.5 Å². The first-order valence-electron chi connectivity index (χ1n) is 6.81. The number of hydrogen-bond donors (Lipinski definition) is 1. The molecule has 2 rings (SSSR count). The fourth-order valence-corrected chi connectivity index (χ4v) is 4.32. The summed E-state index contributed by atoms with van der Waals surface area (Å²) in [5.74, 6) is -0.153. The molecule has 0 amide bonds. The quantitative estimate of drug-likeness (QED) is 0.911. The monoisotopic (exact) mass is 301 g/mol. The molecule has 112 valence electrons. The SMILES string of the molecule is CCC1CCN(S(=O)(=O)c2cncc(F)c2)C(CN)C1. The molecule has 2 unspecified atom stereocenters. The Morgan fingerprint density at radius 2 is 2.25 bits per heavy atom. The number of hydrogen-bond acceptors (Lipinski definition) is 4. The van der Waals surface area contributed by atoms with Gasteiger partial charge in [-0.1, -0.05) is 13.3 Å². The van der Waals surface area contributed by atoms with Crippen LogP contribution in [0.5, 0.6) is 0 Å². The van der Waals surface area contributed by atoms with Crippen molar-refractivity contribution >= 4 is 10.0 Å². The van der Waals surface area contributed by atoms with Crippen molar-refractivity contribution in [2.75, 3.05) is 13.1 Å². The smallest absolute Gasteiger partial charge is 0.245 e. The van der Waals surface area contributed by atoms with Gasteiger partial charge < -0.3 is 5.73 Å². The highest BCUT2D eigenvalue weighted by Crippen LogP contribution is 2.29. The summed E-state index contributed by atoms with van der Waals surface area (Å²) in [6.07, 6.45) is 4.76. The molecule has 1 fully saturated rings. The fourth-order valence-electron chi connectivity index (χ4n) is 2.68. The summed E-state index contributed by atoms with van der Waals surface area (Å²) in [6, 6.07) is 0.781. The molecule has 7 heteroatoms. The minimum absolute atomic E-state index is 0.106. The van der Waals surface area contributed by atoms with Crippen molar-refractivity contribution < 1.29 is 12.8 Å². The van der Waals surface area contributed by atoms with E-state index in [9.17, 15) is 12.8 Å². The van der Waals surface area contributed by atoms with Crippen LogP contribution in [0.2, 0.25) is 0 Å². The molecule has 2 N–H and O–H groups in total. The van der Waals surface area contributed by atoms with Gasteiger partial charge in [-0.05, 0) is 24.8 Å². The molecule has 1 aromatic heterocycles. The topological polar surface area (TPSA) is 76.3 Å². The van der Waals surface area contributed by atoms with Gasteiger partial charge in [0.2, 0.25) is 10.0 Å². The zero-order valence-electron chi connectivity index (χ0n) is 11.5. The van der Waals surface area contributed by atoms with Crippen molar-refractivity contribution in [1.82, 2.24) is 9.29 Å². The maximum atomic E-state index is 13.2. The predicted octanol–water partition coefficient (Wildman–Crippen LogP) is 1.36. The van der Waals surface area contributed by atoms with E-state index in [4.69, 9.17) is 5.73 Å². The van der Waals surface area contributed by atoms with Crippen LogP contribution in [0.15, 0.2) is 23.4 Å². The van der Waals surface area contributed by atoms with Gasteiger partial charge in [-0.15, -0.1) is 0 Å². The number of halogens is 1. The van der Waals surface area contributed by atoms with Crippen LogP contribution in [0, 0.1) is 11.7 Å². The molecule has 0 aromatic carbocycles. The number of piperidine rings is 1. The number of aromatic nitrogens is 1. The molecular weight excluding hydrogens is 281 g/mol. The van der Waals surface area contributed by atoms with Crippen molar-refractivity contribution in [2.45, 2.75) is 37.1 Å². The lowest BCUT2D eigenvalue weighted by molar-refractivity contribution is 0.197. The highest BCUT2D eigenvalue weighted by atomic mass is 32.2. The molecule has 0 bridgehead atoms. The lowest BCUT2D eigenvalue weighted by Gasteiger charge is -2.37. The molecule has 1 saturated heterocycles. The van der Waals surface area contributed by atoms with Gasteiger partial charge in [0, 0.05) is 25.3 Å². The standard InChI is InChI=1S/C13H20FN3O2S/c1-2-10-3-4-17(12(5-10)7-15)20(18,19)13-6-11(14)8-16-9-13/h6,8-10,12H,2-5,7,15H2,1H3. The summed E-state index contributed by atoms with van der Waals surface area (Å²) in [4.78, 5) is 3.51. The second-order valence-corrected chi connectivity index (χ2v) is 7.03. The number of nitrogens with two attached hydrogens (primary N) is 1. The van der Waals surface area contributed by atoms with Crippen molar-refractivity contribution in [3.05, 3.63) is 24.3 Å². The Morgan fingerprint density at radius 3 is 2.85 bits per heavy atom. The molecule has 0 spiro atoms. The fraction of sp³-hybridized carbons (Fsp3) is 0.615. The van der Waals surface area contributed by atoms with Crippen molar-refractivity contribution in [3.63, 3.8) is 0 Å². The number of rotatable bonds is 4. The van der Waals surface area contributed by atoms with Crippen LogP contribution in [-0.2, 0) is 10.0 Å². The van der Waals surface area contributed by atoms with Crippen molar-refractivity contribution in [1.29, 1.82) is 0 Å². The largest absolute Gasteiger partial charge is 0.329 e. The maximum Gasteiger partial charge on any atom is 0.245 e. The number of sulfonamides is 1. The van der Waals surface area contributed by atoms with E-state index in [1.54, 1.807) is 0 Å². The molecular formula is C13H20FN3O2S. The second kappa shape index (κ2) is 6.15.